The Bertz CT molecular complexity index is 1300. The lowest BCUT2D eigenvalue weighted by molar-refractivity contribution is 0.0693. The van der Waals surface area contributed by atoms with Gasteiger partial charge in [0.25, 0.3) is 5.56 Å². The van der Waals surface area contributed by atoms with Crippen LogP contribution in [0.2, 0.25) is 0 Å². The number of carboxylic acids is 2. The number of hydrogen-bond donors (Lipinski definition) is 4. The van der Waals surface area contributed by atoms with Gasteiger partial charge < -0.3 is 30.4 Å². The summed E-state index contributed by atoms with van der Waals surface area (Å²) in [4.78, 5) is 50.3. The van der Waals surface area contributed by atoms with E-state index in [4.69, 9.17) is 15.2 Å². The molecule has 0 bridgehead atoms. The second-order valence-electron chi connectivity index (χ2n) is 6.35. The normalized spacial score (nSPS) is 10.4. The molecular weight excluding hydrogens is 535 g/mol. The first kappa shape index (κ1) is 22.8. The summed E-state index contributed by atoms with van der Waals surface area (Å²) in [5.41, 5.74) is 3.13. The van der Waals surface area contributed by atoms with Crippen molar-refractivity contribution in [3.05, 3.63) is 73.1 Å². The van der Waals surface area contributed by atoms with Crippen LogP contribution in [0.1, 0.15) is 31.1 Å². The smallest absolute Gasteiger partial charge is 0.343 e. The topological polar surface area (TPSA) is 169 Å². The molecule has 1 aromatic heterocycles. The molecule has 0 aliphatic carbocycles. The number of halogens is 1. The van der Waals surface area contributed by atoms with Gasteiger partial charge in [-0.25, -0.2) is 14.4 Å². The predicted molar refractivity (Wildman–Crippen MR) is 121 cm³/mol. The number of nitrogen functional groups attached to an aromatic ring is 1. The Hall–Kier alpha value is -3.87. The van der Waals surface area contributed by atoms with E-state index in [2.05, 4.69) is 0 Å². The van der Waals surface area contributed by atoms with Crippen LogP contribution in [0, 0.1) is 3.57 Å². The van der Waals surface area contributed by atoms with Crippen LogP contribution in [0.4, 0.5) is 5.82 Å². The van der Waals surface area contributed by atoms with E-state index in [9.17, 15) is 29.4 Å². The molecule has 0 unspecified atom stereocenters. The minimum Gasteiger partial charge on any atom is -0.493 e. The van der Waals surface area contributed by atoms with Crippen molar-refractivity contribution in [2.75, 3.05) is 12.8 Å². The van der Waals surface area contributed by atoms with Crippen LogP contribution in [-0.4, -0.2) is 40.2 Å². The summed E-state index contributed by atoms with van der Waals surface area (Å²) in [5, 5.41) is 19.1. The number of anilines is 1. The van der Waals surface area contributed by atoms with Crippen molar-refractivity contribution >= 4 is 46.3 Å². The molecular formula is C21H15IN2O8. The number of benzene rings is 2. The van der Waals surface area contributed by atoms with E-state index in [1.165, 1.54) is 19.2 Å². The van der Waals surface area contributed by atoms with Gasteiger partial charge in [0.15, 0.2) is 11.5 Å². The Morgan fingerprint density at radius 3 is 2.22 bits per heavy atom. The predicted octanol–water partition coefficient (Wildman–Crippen LogP) is 2.85. The van der Waals surface area contributed by atoms with Gasteiger partial charge in [-0.2, -0.15) is 0 Å². The van der Waals surface area contributed by atoms with Gasteiger partial charge >= 0.3 is 17.9 Å². The number of esters is 1. The molecule has 2 aromatic carbocycles. The van der Waals surface area contributed by atoms with Crippen molar-refractivity contribution < 1.29 is 34.1 Å². The second-order valence-corrected chi connectivity index (χ2v) is 7.51. The third-order valence-corrected chi connectivity index (χ3v) is 5.20. The summed E-state index contributed by atoms with van der Waals surface area (Å²) in [6.07, 6.45) is 0. The number of nitrogens with two attached hydrogens (primary N) is 1. The van der Waals surface area contributed by atoms with E-state index in [0.717, 1.165) is 0 Å². The van der Waals surface area contributed by atoms with Crippen molar-refractivity contribution in [3.63, 3.8) is 0 Å². The summed E-state index contributed by atoms with van der Waals surface area (Å²) in [6.45, 7) is 0. The summed E-state index contributed by atoms with van der Waals surface area (Å²) in [7, 11) is 1.29. The van der Waals surface area contributed by atoms with Gasteiger partial charge in [-0.3, -0.25) is 4.79 Å². The van der Waals surface area contributed by atoms with Crippen LogP contribution in [0.25, 0.3) is 11.1 Å². The molecule has 0 atom stereocenters. The molecule has 11 heteroatoms. The van der Waals surface area contributed by atoms with E-state index in [0.29, 0.717) is 3.57 Å². The van der Waals surface area contributed by atoms with E-state index in [1.807, 2.05) is 27.6 Å². The van der Waals surface area contributed by atoms with Crippen LogP contribution < -0.4 is 20.8 Å². The number of H-pyrrole nitrogens is 1. The number of carbonyl (C=O) groups excluding carboxylic acids is 1. The Labute approximate surface area is 193 Å². The van der Waals surface area contributed by atoms with Crippen LogP contribution in [0.15, 0.2) is 47.3 Å². The number of aromatic amines is 1. The molecule has 0 amide bonds. The van der Waals surface area contributed by atoms with Gasteiger partial charge in [0.2, 0.25) is 0 Å². The number of carbonyl (C=O) groups is 3. The standard InChI is InChI=1S/C21H15IN2O8/c1-31-12-8-10(7-11(22)16(12)32-21(30)9-5-3-2-4-6-9)13-14(19(26)27)17(23)24-18(25)15(13)20(28)29/h2-8H,1H3,(H,26,27)(H,28,29)(H3,23,24,25). The maximum Gasteiger partial charge on any atom is 0.343 e. The number of pyridine rings is 1. The van der Waals surface area contributed by atoms with Gasteiger partial charge in [0, 0.05) is 5.56 Å². The Balaban J connectivity index is 2.23. The zero-order valence-corrected chi connectivity index (χ0v) is 18.5. The first-order valence-corrected chi connectivity index (χ1v) is 9.91. The van der Waals surface area contributed by atoms with E-state index in [1.54, 1.807) is 30.3 Å². The van der Waals surface area contributed by atoms with E-state index >= 15 is 0 Å². The summed E-state index contributed by atoms with van der Waals surface area (Å²) < 4.78 is 11.0. The maximum absolute atomic E-state index is 12.5. The third-order valence-electron chi connectivity index (χ3n) is 4.39. The largest absolute Gasteiger partial charge is 0.493 e. The fourth-order valence-corrected chi connectivity index (χ4v) is 3.74. The molecule has 32 heavy (non-hydrogen) atoms. The fourth-order valence-electron chi connectivity index (χ4n) is 3.02. The molecule has 0 aliphatic rings. The Morgan fingerprint density at radius 1 is 1.03 bits per heavy atom. The lowest BCUT2D eigenvalue weighted by atomic mass is 9.95. The average molecular weight is 550 g/mol. The summed E-state index contributed by atoms with van der Waals surface area (Å²) >= 11 is 1.82. The van der Waals surface area contributed by atoms with Gasteiger partial charge in [0.1, 0.15) is 16.9 Å². The molecule has 0 fully saturated rings. The zero-order chi connectivity index (χ0) is 23.6. The molecule has 5 N–H and O–H groups in total. The third kappa shape index (κ3) is 4.27. The average Bonchev–Trinajstić information content (AvgIpc) is 2.74. The minimum absolute atomic E-state index is 0.0164. The Kier molecular flexibility index (Phi) is 6.48. The number of aromatic nitrogens is 1. The molecule has 164 valence electrons. The first-order chi connectivity index (χ1) is 15.1. The number of carboxylic acid groups (broad SMARTS) is 2. The number of rotatable bonds is 6. The fraction of sp³-hybridized carbons (Fsp3) is 0.0476. The number of hydrogen-bond acceptors (Lipinski definition) is 7. The van der Waals surface area contributed by atoms with Crippen molar-refractivity contribution in [1.29, 1.82) is 0 Å². The maximum atomic E-state index is 12.5. The van der Waals surface area contributed by atoms with E-state index < -0.39 is 46.0 Å². The SMILES string of the molecule is COc1cc(-c2c(C(=O)O)c(N)[nH]c(=O)c2C(=O)O)cc(I)c1OC(=O)c1ccccc1. The van der Waals surface area contributed by atoms with Gasteiger partial charge in [0.05, 0.1) is 16.2 Å². The van der Waals surface area contributed by atoms with Crippen LogP contribution in [0.5, 0.6) is 11.5 Å². The highest BCUT2D eigenvalue weighted by Gasteiger charge is 2.28. The molecule has 3 aromatic rings. The molecule has 10 nitrogen and oxygen atoms in total. The van der Waals surface area contributed by atoms with Gasteiger partial charge in [-0.05, 0) is 52.4 Å². The van der Waals surface area contributed by atoms with Crippen LogP contribution in [-0.2, 0) is 0 Å². The molecule has 1 heterocycles. The number of methoxy groups -OCH3 is 1. The quantitative estimate of drug-likeness (QED) is 0.205. The second kappa shape index (κ2) is 9.09. The Morgan fingerprint density at radius 2 is 1.66 bits per heavy atom. The van der Waals surface area contributed by atoms with Crippen molar-refractivity contribution in [3.8, 4) is 22.6 Å². The molecule has 0 spiro atoms. The number of ether oxygens (including phenoxy) is 2. The molecule has 0 aliphatic heterocycles. The van der Waals surface area contributed by atoms with Crippen molar-refractivity contribution in [1.82, 2.24) is 4.98 Å². The van der Waals surface area contributed by atoms with Crippen molar-refractivity contribution in [2.24, 2.45) is 0 Å². The van der Waals surface area contributed by atoms with Gasteiger partial charge in [-0.15, -0.1) is 0 Å². The summed E-state index contributed by atoms with van der Waals surface area (Å²) in [5.74, 6) is -4.29. The molecule has 3 rings (SSSR count). The summed E-state index contributed by atoms with van der Waals surface area (Å²) in [6, 6.07) is 10.8. The molecule has 0 saturated heterocycles. The monoisotopic (exact) mass is 550 g/mol. The number of nitrogens with one attached hydrogen (secondary N) is 1. The zero-order valence-electron chi connectivity index (χ0n) is 16.3. The van der Waals surface area contributed by atoms with Crippen LogP contribution >= 0.6 is 22.6 Å². The van der Waals surface area contributed by atoms with Crippen molar-refractivity contribution in [2.45, 2.75) is 0 Å². The lowest BCUT2D eigenvalue weighted by Crippen LogP contribution is -2.24. The molecule has 0 saturated carbocycles. The van der Waals surface area contributed by atoms with Crippen LogP contribution in [0.3, 0.4) is 0 Å². The lowest BCUT2D eigenvalue weighted by Gasteiger charge is -2.16. The highest BCUT2D eigenvalue weighted by molar-refractivity contribution is 14.1. The molecule has 0 radical (unpaired) electrons. The first-order valence-electron chi connectivity index (χ1n) is 8.83. The highest BCUT2D eigenvalue weighted by Crippen LogP contribution is 2.40. The van der Waals surface area contributed by atoms with E-state index in [-0.39, 0.29) is 22.6 Å². The number of aromatic carboxylic acids is 2. The van der Waals surface area contributed by atoms with Gasteiger partial charge in [-0.1, -0.05) is 18.2 Å². The minimum atomic E-state index is -1.64. The highest BCUT2D eigenvalue weighted by atomic mass is 127.